The Balaban J connectivity index is 1.26. The van der Waals surface area contributed by atoms with Gasteiger partial charge in [-0.15, -0.1) is 0 Å². The van der Waals surface area contributed by atoms with Crippen LogP contribution in [0.3, 0.4) is 0 Å². The fraction of sp³-hybridized carbons (Fsp3) is 0.531. The molecule has 0 spiro atoms. The third-order valence-corrected chi connectivity index (χ3v) is 8.16. The number of ether oxygens (including phenoxy) is 3. The molecule has 2 aromatic rings. The SMILES string of the molecule is COc1cc(CC(=O)N2CCNC(=O)C2)ccc1CN1CC(C)CN(c2ccc(OC)c(OCCCC3CC3)c2)C1=O. The number of hydrogen-bond donors (Lipinski definition) is 1. The van der Waals surface area contributed by atoms with Gasteiger partial charge < -0.3 is 29.3 Å². The number of nitrogens with zero attached hydrogens (tertiary/aromatic N) is 3. The highest BCUT2D eigenvalue weighted by molar-refractivity contribution is 5.93. The Labute approximate surface area is 247 Å². The molecule has 0 aromatic heterocycles. The molecule has 10 heteroatoms. The van der Waals surface area contributed by atoms with Gasteiger partial charge in [-0.25, -0.2) is 4.79 Å². The summed E-state index contributed by atoms with van der Waals surface area (Å²) < 4.78 is 17.3. The number of rotatable bonds is 12. The molecule has 226 valence electrons. The molecule has 1 saturated carbocycles. The van der Waals surface area contributed by atoms with Gasteiger partial charge in [-0.2, -0.15) is 0 Å². The van der Waals surface area contributed by atoms with Crippen LogP contribution in [-0.4, -0.2) is 81.2 Å². The molecule has 42 heavy (non-hydrogen) atoms. The van der Waals surface area contributed by atoms with Gasteiger partial charge in [-0.1, -0.05) is 31.9 Å². The average molecular weight is 579 g/mol. The van der Waals surface area contributed by atoms with Gasteiger partial charge in [0.05, 0.1) is 40.3 Å². The molecular formula is C32H42N4O6. The van der Waals surface area contributed by atoms with E-state index in [-0.39, 0.29) is 36.7 Å². The maximum atomic E-state index is 13.8. The summed E-state index contributed by atoms with van der Waals surface area (Å²) in [5.41, 5.74) is 2.44. The van der Waals surface area contributed by atoms with E-state index >= 15 is 0 Å². The summed E-state index contributed by atoms with van der Waals surface area (Å²) in [6.07, 6.45) is 5.05. The van der Waals surface area contributed by atoms with Crippen molar-refractivity contribution in [3.8, 4) is 17.2 Å². The summed E-state index contributed by atoms with van der Waals surface area (Å²) in [5.74, 6) is 2.81. The van der Waals surface area contributed by atoms with Crippen LogP contribution in [0.15, 0.2) is 36.4 Å². The van der Waals surface area contributed by atoms with Gasteiger partial charge in [-0.05, 0) is 48.4 Å². The van der Waals surface area contributed by atoms with Gasteiger partial charge in [0.25, 0.3) is 0 Å². The second-order valence-electron chi connectivity index (χ2n) is 11.6. The topological polar surface area (TPSA) is 101 Å². The number of amides is 4. The zero-order valence-corrected chi connectivity index (χ0v) is 24.9. The Morgan fingerprint density at radius 3 is 2.55 bits per heavy atom. The van der Waals surface area contributed by atoms with E-state index in [2.05, 4.69) is 12.2 Å². The lowest BCUT2D eigenvalue weighted by molar-refractivity contribution is -0.137. The number of anilines is 1. The van der Waals surface area contributed by atoms with Gasteiger partial charge in [0.2, 0.25) is 11.8 Å². The van der Waals surface area contributed by atoms with Crippen LogP contribution in [0.2, 0.25) is 0 Å². The van der Waals surface area contributed by atoms with Crippen molar-refractivity contribution >= 4 is 23.5 Å². The van der Waals surface area contributed by atoms with Crippen LogP contribution in [0.25, 0.3) is 0 Å². The highest BCUT2D eigenvalue weighted by Crippen LogP contribution is 2.36. The molecule has 1 aliphatic carbocycles. The zero-order valence-electron chi connectivity index (χ0n) is 24.9. The molecule has 10 nitrogen and oxygen atoms in total. The molecule has 1 atom stereocenters. The van der Waals surface area contributed by atoms with E-state index in [0.717, 1.165) is 29.2 Å². The van der Waals surface area contributed by atoms with Crippen molar-refractivity contribution in [2.45, 2.75) is 45.6 Å². The van der Waals surface area contributed by atoms with Crippen molar-refractivity contribution in [2.24, 2.45) is 11.8 Å². The maximum absolute atomic E-state index is 13.8. The first kappa shape index (κ1) is 29.5. The quantitative estimate of drug-likeness (QED) is 0.384. The summed E-state index contributed by atoms with van der Waals surface area (Å²) in [6, 6.07) is 11.3. The predicted octanol–water partition coefficient (Wildman–Crippen LogP) is 3.85. The van der Waals surface area contributed by atoms with Gasteiger partial charge in [0.15, 0.2) is 11.5 Å². The highest BCUT2D eigenvalue weighted by atomic mass is 16.5. The number of benzene rings is 2. The Morgan fingerprint density at radius 1 is 1.00 bits per heavy atom. The number of methoxy groups -OCH3 is 2. The van der Waals surface area contributed by atoms with Gasteiger partial charge >= 0.3 is 6.03 Å². The smallest absolute Gasteiger partial charge is 0.324 e. The summed E-state index contributed by atoms with van der Waals surface area (Å²) in [5, 5.41) is 2.74. The van der Waals surface area contributed by atoms with Crippen LogP contribution in [0.1, 0.15) is 43.7 Å². The minimum Gasteiger partial charge on any atom is -0.496 e. The lowest BCUT2D eigenvalue weighted by Gasteiger charge is -2.39. The van der Waals surface area contributed by atoms with E-state index in [0.29, 0.717) is 56.6 Å². The monoisotopic (exact) mass is 578 g/mol. The third kappa shape index (κ3) is 7.27. The molecule has 2 heterocycles. The first-order valence-electron chi connectivity index (χ1n) is 14.9. The van der Waals surface area contributed by atoms with Crippen LogP contribution in [0.5, 0.6) is 17.2 Å². The lowest BCUT2D eigenvalue weighted by atomic mass is 10.0. The maximum Gasteiger partial charge on any atom is 0.324 e. The number of urea groups is 1. The first-order chi connectivity index (χ1) is 20.3. The summed E-state index contributed by atoms with van der Waals surface area (Å²) in [4.78, 5) is 43.4. The summed E-state index contributed by atoms with van der Waals surface area (Å²) in [6.45, 7) is 5.43. The fourth-order valence-electron chi connectivity index (χ4n) is 5.70. The highest BCUT2D eigenvalue weighted by Gasteiger charge is 2.32. The molecule has 2 saturated heterocycles. The minimum absolute atomic E-state index is 0.0809. The number of piperazine rings is 1. The van der Waals surface area contributed by atoms with E-state index in [1.165, 1.54) is 19.3 Å². The van der Waals surface area contributed by atoms with Crippen LogP contribution in [-0.2, 0) is 22.6 Å². The predicted molar refractivity (Wildman–Crippen MR) is 159 cm³/mol. The Hall–Kier alpha value is -3.95. The molecular weight excluding hydrogens is 536 g/mol. The molecule has 1 N–H and O–H groups in total. The van der Waals surface area contributed by atoms with Crippen molar-refractivity contribution < 1.29 is 28.6 Å². The third-order valence-electron chi connectivity index (χ3n) is 8.16. The second kappa shape index (κ2) is 13.4. The van der Waals surface area contributed by atoms with Crippen LogP contribution in [0, 0.1) is 11.8 Å². The summed E-state index contributed by atoms with van der Waals surface area (Å²) in [7, 11) is 3.22. The molecule has 4 amide bonds. The fourth-order valence-corrected chi connectivity index (χ4v) is 5.70. The van der Waals surface area contributed by atoms with E-state index in [1.54, 1.807) is 24.0 Å². The van der Waals surface area contributed by atoms with E-state index in [9.17, 15) is 14.4 Å². The molecule has 5 rings (SSSR count). The molecule has 3 fully saturated rings. The van der Waals surface area contributed by atoms with Gasteiger partial charge in [0.1, 0.15) is 5.75 Å². The van der Waals surface area contributed by atoms with E-state index in [1.807, 2.05) is 41.3 Å². The normalized spacial score (nSPS) is 19.0. The number of carbonyl (C=O) groups is 3. The largest absolute Gasteiger partial charge is 0.496 e. The first-order valence-corrected chi connectivity index (χ1v) is 14.9. The van der Waals surface area contributed by atoms with Gasteiger partial charge in [0, 0.05) is 43.5 Å². The number of hydrogen-bond acceptors (Lipinski definition) is 6. The van der Waals surface area contributed by atoms with Crippen LogP contribution in [0.4, 0.5) is 10.5 Å². The molecule has 0 radical (unpaired) electrons. The number of nitrogens with one attached hydrogen (secondary N) is 1. The van der Waals surface area contributed by atoms with Crippen LogP contribution >= 0.6 is 0 Å². The molecule has 2 aromatic carbocycles. The molecule has 2 aliphatic heterocycles. The van der Waals surface area contributed by atoms with Crippen molar-refractivity contribution in [3.05, 3.63) is 47.5 Å². The van der Waals surface area contributed by atoms with Crippen molar-refractivity contribution in [3.63, 3.8) is 0 Å². The van der Waals surface area contributed by atoms with Gasteiger partial charge in [-0.3, -0.25) is 14.5 Å². The standard InChI is InChI=1S/C32H42N4O6/c1-22-18-35(20-25-9-8-24(15-28(25)41-3)16-31(38)34-13-12-33-30(37)21-34)32(39)36(19-22)26-10-11-27(40-2)29(17-26)42-14-4-5-23-6-7-23/h8-11,15,17,22-23H,4-7,12-14,16,18-21H2,1-3H3,(H,33,37). The van der Waals surface area contributed by atoms with E-state index < -0.39 is 0 Å². The summed E-state index contributed by atoms with van der Waals surface area (Å²) >= 11 is 0. The van der Waals surface area contributed by atoms with Crippen molar-refractivity contribution in [1.29, 1.82) is 0 Å². The zero-order chi connectivity index (χ0) is 29.6. The van der Waals surface area contributed by atoms with Crippen LogP contribution < -0.4 is 24.4 Å². The van der Waals surface area contributed by atoms with E-state index in [4.69, 9.17) is 14.2 Å². The second-order valence-corrected chi connectivity index (χ2v) is 11.6. The Morgan fingerprint density at radius 2 is 1.81 bits per heavy atom. The Kier molecular flexibility index (Phi) is 9.39. The number of carbonyl (C=O) groups excluding carboxylic acids is 3. The average Bonchev–Trinajstić information content (AvgIpc) is 3.82. The molecule has 3 aliphatic rings. The minimum atomic E-state index is -0.140. The lowest BCUT2D eigenvalue weighted by Crippen LogP contribution is -2.52. The van der Waals surface area contributed by atoms with Crippen molar-refractivity contribution in [1.82, 2.24) is 15.1 Å². The molecule has 0 bridgehead atoms. The Bertz CT molecular complexity index is 1300. The molecule has 1 unspecified atom stereocenters. The van der Waals surface area contributed by atoms with Crippen molar-refractivity contribution in [2.75, 3.05) is 58.5 Å².